The Morgan fingerprint density at radius 2 is 2.10 bits per heavy atom. The smallest absolute Gasteiger partial charge is 0.305 e. The number of nitrogens with zero attached hydrogens (tertiary/aromatic N) is 2. The first-order chi connectivity index (χ1) is 9.81. The van der Waals surface area contributed by atoms with Crippen LogP contribution in [0.25, 0.3) is 0 Å². The maximum absolute atomic E-state index is 14.0. The first-order valence-electron chi connectivity index (χ1n) is 6.19. The molecule has 0 saturated heterocycles. The van der Waals surface area contributed by atoms with Gasteiger partial charge < -0.3 is 4.90 Å². The van der Waals surface area contributed by atoms with Crippen LogP contribution in [0.1, 0.15) is 23.7 Å². The van der Waals surface area contributed by atoms with Gasteiger partial charge in [0.25, 0.3) is 5.91 Å². The van der Waals surface area contributed by atoms with Gasteiger partial charge in [-0.1, -0.05) is 0 Å². The van der Waals surface area contributed by atoms with Crippen LogP contribution < -0.4 is 0 Å². The molecule has 0 N–H and O–H groups in total. The Balaban J connectivity index is 3.12. The predicted octanol–water partition coefficient (Wildman–Crippen LogP) is 3.09. The average molecular weight is 318 g/mol. The van der Waals surface area contributed by atoms with Crippen LogP contribution in [0.2, 0.25) is 0 Å². The third-order valence-corrected chi connectivity index (χ3v) is 3.85. The highest BCUT2D eigenvalue weighted by molar-refractivity contribution is 7.98. The number of halogens is 2. The lowest BCUT2D eigenvalue weighted by Gasteiger charge is -2.25. The minimum atomic E-state index is -1.44. The number of nitro groups is 1. The van der Waals surface area contributed by atoms with Gasteiger partial charge in [-0.15, -0.1) is 0 Å². The minimum absolute atomic E-state index is 0.233. The Morgan fingerprint density at radius 1 is 1.48 bits per heavy atom. The van der Waals surface area contributed by atoms with Crippen molar-refractivity contribution < 1.29 is 18.5 Å². The van der Waals surface area contributed by atoms with Gasteiger partial charge in [0.15, 0.2) is 0 Å². The zero-order valence-corrected chi connectivity index (χ0v) is 12.7. The van der Waals surface area contributed by atoms with Crippen LogP contribution in [-0.2, 0) is 0 Å². The SMILES string of the molecule is CSCCC(C)N(C)C(=O)c1c(F)ccc([N+](=O)[O-])c1F. The Kier molecular flexibility index (Phi) is 6.07. The first-order valence-corrected chi connectivity index (χ1v) is 7.59. The van der Waals surface area contributed by atoms with E-state index in [1.165, 1.54) is 11.9 Å². The summed E-state index contributed by atoms with van der Waals surface area (Å²) in [7, 11) is 1.42. The number of amides is 1. The molecule has 1 aromatic rings. The van der Waals surface area contributed by atoms with Gasteiger partial charge in [0.05, 0.1) is 4.92 Å². The molecule has 8 heteroatoms. The largest absolute Gasteiger partial charge is 0.339 e. The number of hydrogen-bond donors (Lipinski definition) is 0. The number of carbonyl (C=O) groups is 1. The summed E-state index contributed by atoms with van der Waals surface area (Å²) in [5.41, 5.74) is -1.80. The predicted molar refractivity (Wildman–Crippen MR) is 77.6 cm³/mol. The van der Waals surface area contributed by atoms with Gasteiger partial charge in [0, 0.05) is 19.2 Å². The van der Waals surface area contributed by atoms with E-state index in [9.17, 15) is 23.7 Å². The molecule has 0 aliphatic rings. The highest BCUT2D eigenvalue weighted by Gasteiger charge is 2.29. The molecule has 1 rings (SSSR count). The van der Waals surface area contributed by atoms with E-state index in [0.717, 1.165) is 11.8 Å². The Bertz CT molecular complexity index is 554. The summed E-state index contributed by atoms with van der Waals surface area (Å²) in [4.78, 5) is 23.1. The molecule has 0 bridgehead atoms. The van der Waals surface area contributed by atoms with Crippen molar-refractivity contribution in [3.63, 3.8) is 0 Å². The van der Waals surface area contributed by atoms with Crippen LogP contribution in [0, 0.1) is 21.7 Å². The van der Waals surface area contributed by atoms with Gasteiger partial charge in [0.2, 0.25) is 5.82 Å². The molecule has 0 spiro atoms. The number of carbonyl (C=O) groups excluding carboxylic acids is 1. The highest BCUT2D eigenvalue weighted by Crippen LogP contribution is 2.24. The standard InChI is InChI=1S/C13H16F2N2O3S/c1-8(6-7-21-3)16(2)13(18)11-9(14)4-5-10(12(11)15)17(19)20/h4-5,8H,6-7H2,1-3H3. The molecule has 0 radical (unpaired) electrons. The lowest BCUT2D eigenvalue weighted by atomic mass is 10.1. The molecule has 116 valence electrons. The lowest BCUT2D eigenvalue weighted by molar-refractivity contribution is -0.387. The number of rotatable bonds is 6. The molecule has 1 atom stereocenters. The summed E-state index contributed by atoms with van der Waals surface area (Å²) in [6, 6.07) is 1.20. The van der Waals surface area contributed by atoms with E-state index in [4.69, 9.17) is 0 Å². The van der Waals surface area contributed by atoms with Crippen molar-refractivity contribution in [3.05, 3.63) is 39.4 Å². The van der Waals surface area contributed by atoms with Gasteiger partial charge in [-0.05, 0) is 31.4 Å². The lowest BCUT2D eigenvalue weighted by Crippen LogP contribution is -2.36. The van der Waals surface area contributed by atoms with E-state index in [0.29, 0.717) is 12.5 Å². The topological polar surface area (TPSA) is 63.5 Å². The van der Waals surface area contributed by atoms with E-state index >= 15 is 0 Å². The monoisotopic (exact) mass is 318 g/mol. The van der Waals surface area contributed by atoms with Gasteiger partial charge >= 0.3 is 5.69 Å². The number of nitro benzene ring substituents is 1. The minimum Gasteiger partial charge on any atom is -0.339 e. The van der Waals surface area contributed by atoms with Gasteiger partial charge in [-0.25, -0.2) is 4.39 Å². The van der Waals surface area contributed by atoms with E-state index in [-0.39, 0.29) is 6.04 Å². The van der Waals surface area contributed by atoms with Gasteiger partial charge in [-0.2, -0.15) is 16.2 Å². The molecule has 1 unspecified atom stereocenters. The Morgan fingerprint density at radius 3 is 2.62 bits per heavy atom. The molecule has 1 amide bonds. The summed E-state index contributed by atoms with van der Waals surface area (Å²) in [5.74, 6) is -2.65. The van der Waals surface area contributed by atoms with Crippen LogP contribution in [0.15, 0.2) is 12.1 Å². The second-order valence-electron chi connectivity index (χ2n) is 4.56. The quantitative estimate of drug-likeness (QED) is 0.597. The molecule has 0 aliphatic carbocycles. The normalized spacial score (nSPS) is 12.0. The van der Waals surface area contributed by atoms with Crippen LogP contribution in [0.5, 0.6) is 0 Å². The van der Waals surface area contributed by atoms with Crippen molar-refractivity contribution in [2.75, 3.05) is 19.1 Å². The summed E-state index contributed by atoms with van der Waals surface area (Å²) in [5, 5.41) is 10.7. The maximum Gasteiger partial charge on any atom is 0.305 e. The van der Waals surface area contributed by atoms with Crippen molar-refractivity contribution in [1.82, 2.24) is 4.90 Å². The molecular formula is C13H16F2N2O3S. The van der Waals surface area contributed by atoms with Crippen molar-refractivity contribution in [2.45, 2.75) is 19.4 Å². The third-order valence-electron chi connectivity index (χ3n) is 3.20. The molecule has 0 aliphatic heterocycles. The van der Waals surface area contributed by atoms with Crippen LogP contribution in [-0.4, -0.2) is 40.8 Å². The number of thioether (sulfide) groups is 1. The fraction of sp³-hybridized carbons (Fsp3) is 0.462. The molecule has 0 fully saturated rings. The first kappa shape index (κ1) is 17.4. The molecule has 0 heterocycles. The van der Waals surface area contributed by atoms with Crippen molar-refractivity contribution >= 4 is 23.4 Å². The Hall–Kier alpha value is -1.70. The molecule has 1 aromatic carbocycles. The summed E-state index contributed by atoms with van der Waals surface area (Å²) < 4.78 is 27.7. The van der Waals surface area contributed by atoms with Crippen LogP contribution in [0.4, 0.5) is 14.5 Å². The molecule has 5 nitrogen and oxygen atoms in total. The van der Waals surface area contributed by atoms with E-state index in [1.807, 2.05) is 6.26 Å². The summed E-state index contributed by atoms with van der Waals surface area (Å²) >= 11 is 1.59. The van der Waals surface area contributed by atoms with E-state index in [2.05, 4.69) is 0 Å². The van der Waals surface area contributed by atoms with Gasteiger partial charge in [-0.3, -0.25) is 14.9 Å². The third kappa shape index (κ3) is 3.90. The zero-order valence-electron chi connectivity index (χ0n) is 11.9. The van der Waals surface area contributed by atoms with Crippen molar-refractivity contribution in [3.8, 4) is 0 Å². The molecule has 21 heavy (non-hydrogen) atoms. The fourth-order valence-electron chi connectivity index (χ4n) is 1.74. The van der Waals surface area contributed by atoms with Crippen LogP contribution >= 0.6 is 11.8 Å². The van der Waals surface area contributed by atoms with Gasteiger partial charge in [0.1, 0.15) is 11.4 Å². The summed E-state index contributed by atoms with van der Waals surface area (Å²) in [6.07, 6.45) is 2.57. The molecular weight excluding hydrogens is 302 g/mol. The Labute approximate surface area is 125 Å². The van der Waals surface area contributed by atoms with Crippen molar-refractivity contribution in [2.24, 2.45) is 0 Å². The maximum atomic E-state index is 14.0. The molecule has 0 aromatic heterocycles. The fourth-order valence-corrected chi connectivity index (χ4v) is 2.31. The second-order valence-corrected chi connectivity index (χ2v) is 5.54. The van der Waals surface area contributed by atoms with E-state index < -0.39 is 33.7 Å². The van der Waals surface area contributed by atoms with Crippen LogP contribution in [0.3, 0.4) is 0 Å². The molecule has 0 saturated carbocycles. The zero-order chi connectivity index (χ0) is 16.2. The second kappa shape index (κ2) is 7.35. The number of benzene rings is 1. The summed E-state index contributed by atoms with van der Waals surface area (Å²) in [6.45, 7) is 1.75. The number of hydrogen-bond acceptors (Lipinski definition) is 4. The van der Waals surface area contributed by atoms with E-state index in [1.54, 1.807) is 18.7 Å². The highest BCUT2D eigenvalue weighted by atomic mass is 32.2. The average Bonchev–Trinajstić information content (AvgIpc) is 2.43. The van der Waals surface area contributed by atoms with Crippen molar-refractivity contribution in [1.29, 1.82) is 0 Å².